The molecule has 1 atom stereocenters. The van der Waals surface area contributed by atoms with Gasteiger partial charge in [0.15, 0.2) is 11.5 Å². The molecule has 0 saturated carbocycles. The van der Waals surface area contributed by atoms with Crippen molar-refractivity contribution in [1.29, 1.82) is 0 Å². The Bertz CT molecular complexity index is 419. The molecule has 0 bridgehead atoms. The number of hydrogen-bond acceptors (Lipinski definition) is 5. The van der Waals surface area contributed by atoms with Crippen LogP contribution in [-0.4, -0.2) is 32.3 Å². The van der Waals surface area contributed by atoms with E-state index in [-0.39, 0.29) is 5.97 Å². The minimum Gasteiger partial charge on any atom is -0.486 e. The summed E-state index contributed by atoms with van der Waals surface area (Å²) < 4.78 is 15.5. The molecule has 0 aliphatic carbocycles. The average molecular weight is 237 g/mol. The number of nitrogens with one attached hydrogen (secondary N) is 1. The lowest BCUT2D eigenvalue weighted by Crippen LogP contribution is -2.27. The van der Waals surface area contributed by atoms with Crippen molar-refractivity contribution in [3.8, 4) is 11.5 Å². The van der Waals surface area contributed by atoms with Gasteiger partial charge in [0, 0.05) is 11.8 Å². The van der Waals surface area contributed by atoms with Gasteiger partial charge in [-0.25, -0.2) is 4.79 Å². The molecule has 1 heterocycles. The van der Waals surface area contributed by atoms with Gasteiger partial charge < -0.3 is 19.5 Å². The zero-order valence-corrected chi connectivity index (χ0v) is 9.86. The molecule has 5 heteroatoms. The molecule has 92 valence electrons. The number of esters is 1. The first kappa shape index (κ1) is 11.6. The number of benzene rings is 1. The van der Waals surface area contributed by atoms with E-state index in [1.54, 1.807) is 6.92 Å². The number of methoxy groups -OCH3 is 1. The maximum Gasteiger partial charge on any atom is 0.327 e. The number of fused-ring (bicyclic) bond motifs is 1. The molecule has 0 aromatic heterocycles. The number of anilines is 1. The smallest absolute Gasteiger partial charge is 0.327 e. The van der Waals surface area contributed by atoms with Gasteiger partial charge in [-0.2, -0.15) is 0 Å². The monoisotopic (exact) mass is 237 g/mol. The van der Waals surface area contributed by atoms with Crippen molar-refractivity contribution in [2.75, 3.05) is 25.6 Å². The number of rotatable bonds is 3. The molecule has 1 aromatic carbocycles. The van der Waals surface area contributed by atoms with Gasteiger partial charge in [0.25, 0.3) is 0 Å². The van der Waals surface area contributed by atoms with E-state index in [0.29, 0.717) is 19.0 Å². The highest BCUT2D eigenvalue weighted by Gasteiger charge is 2.15. The molecule has 1 aliphatic heterocycles. The van der Waals surface area contributed by atoms with Crippen LogP contribution in [0.15, 0.2) is 18.2 Å². The molecule has 0 radical (unpaired) electrons. The van der Waals surface area contributed by atoms with E-state index in [2.05, 4.69) is 10.1 Å². The first-order valence-corrected chi connectivity index (χ1v) is 5.44. The number of ether oxygens (including phenoxy) is 3. The highest BCUT2D eigenvalue weighted by molar-refractivity contribution is 5.78. The van der Waals surface area contributed by atoms with Gasteiger partial charge in [-0.1, -0.05) is 0 Å². The van der Waals surface area contributed by atoms with E-state index in [9.17, 15) is 4.79 Å². The molecular weight excluding hydrogens is 222 g/mol. The Morgan fingerprint density at radius 1 is 1.35 bits per heavy atom. The third-order valence-electron chi connectivity index (χ3n) is 2.48. The Balaban J connectivity index is 2.09. The van der Waals surface area contributed by atoms with Crippen molar-refractivity contribution in [3.05, 3.63) is 18.2 Å². The maximum absolute atomic E-state index is 11.3. The summed E-state index contributed by atoms with van der Waals surface area (Å²) in [7, 11) is 1.37. The first-order valence-electron chi connectivity index (χ1n) is 5.44. The van der Waals surface area contributed by atoms with E-state index < -0.39 is 6.04 Å². The Morgan fingerprint density at radius 2 is 2.06 bits per heavy atom. The summed E-state index contributed by atoms with van der Waals surface area (Å²) in [5, 5.41) is 3.03. The lowest BCUT2D eigenvalue weighted by Gasteiger charge is -2.20. The number of carbonyl (C=O) groups excluding carboxylic acids is 1. The molecule has 1 aliphatic rings. The van der Waals surface area contributed by atoms with Gasteiger partial charge in [0.1, 0.15) is 19.3 Å². The Morgan fingerprint density at radius 3 is 2.76 bits per heavy atom. The van der Waals surface area contributed by atoms with Gasteiger partial charge in [-0.3, -0.25) is 0 Å². The summed E-state index contributed by atoms with van der Waals surface area (Å²) in [4.78, 5) is 11.3. The molecule has 0 spiro atoms. The molecule has 2 rings (SSSR count). The van der Waals surface area contributed by atoms with Crippen molar-refractivity contribution in [2.24, 2.45) is 0 Å². The zero-order valence-electron chi connectivity index (χ0n) is 9.86. The van der Waals surface area contributed by atoms with Crippen LogP contribution in [0.25, 0.3) is 0 Å². The summed E-state index contributed by atoms with van der Waals surface area (Å²) >= 11 is 0. The number of carbonyl (C=O) groups is 1. The topological polar surface area (TPSA) is 56.8 Å². The fourth-order valence-electron chi connectivity index (χ4n) is 1.62. The van der Waals surface area contributed by atoms with E-state index >= 15 is 0 Å². The van der Waals surface area contributed by atoms with Gasteiger partial charge in [0.05, 0.1) is 7.11 Å². The second kappa shape index (κ2) is 4.95. The van der Waals surface area contributed by atoms with E-state index in [1.165, 1.54) is 7.11 Å². The fourth-order valence-corrected chi connectivity index (χ4v) is 1.62. The average Bonchev–Trinajstić information content (AvgIpc) is 2.37. The Labute approximate surface area is 99.7 Å². The van der Waals surface area contributed by atoms with Gasteiger partial charge in [-0.05, 0) is 19.1 Å². The van der Waals surface area contributed by atoms with E-state index in [4.69, 9.17) is 9.47 Å². The first-order chi connectivity index (χ1) is 8.20. The quantitative estimate of drug-likeness (QED) is 0.806. The van der Waals surface area contributed by atoms with Crippen molar-refractivity contribution in [3.63, 3.8) is 0 Å². The van der Waals surface area contributed by atoms with Gasteiger partial charge in [0.2, 0.25) is 0 Å². The van der Waals surface area contributed by atoms with E-state index in [1.807, 2.05) is 18.2 Å². The van der Waals surface area contributed by atoms with Crippen LogP contribution in [0.3, 0.4) is 0 Å². The zero-order chi connectivity index (χ0) is 12.3. The molecule has 0 fully saturated rings. The molecule has 1 N–H and O–H groups in total. The van der Waals surface area contributed by atoms with Crippen LogP contribution in [0.1, 0.15) is 6.92 Å². The van der Waals surface area contributed by atoms with Crippen LogP contribution in [-0.2, 0) is 9.53 Å². The van der Waals surface area contributed by atoms with Crippen molar-refractivity contribution < 1.29 is 19.0 Å². The minimum atomic E-state index is -0.400. The standard InChI is InChI=1S/C12H15NO4/c1-8(12(14)15-2)13-9-3-4-10-11(7-9)17-6-5-16-10/h3-4,7-8,13H,5-6H2,1-2H3/t8-/m0/s1. The lowest BCUT2D eigenvalue weighted by molar-refractivity contribution is -0.141. The third-order valence-corrected chi connectivity index (χ3v) is 2.48. The molecule has 17 heavy (non-hydrogen) atoms. The van der Waals surface area contributed by atoms with Crippen LogP contribution in [0.4, 0.5) is 5.69 Å². The largest absolute Gasteiger partial charge is 0.486 e. The highest BCUT2D eigenvalue weighted by Crippen LogP contribution is 2.32. The molecule has 0 amide bonds. The summed E-state index contributed by atoms with van der Waals surface area (Å²) in [5.74, 6) is 1.12. The normalized spacial score (nSPS) is 14.9. The molecule has 0 unspecified atom stereocenters. The van der Waals surface area contributed by atoms with Gasteiger partial charge in [-0.15, -0.1) is 0 Å². The van der Waals surface area contributed by atoms with Gasteiger partial charge >= 0.3 is 5.97 Å². The Kier molecular flexibility index (Phi) is 3.37. The SMILES string of the molecule is COC(=O)[C@H](C)Nc1ccc2c(c1)OCCO2. The number of hydrogen-bond donors (Lipinski definition) is 1. The van der Waals surface area contributed by atoms with Crippen LogP contribution < -0.4 is 14.8 Å². The van der Waals surface area contributed by atoms with Crippen molar-refractivity contribution in [1.82, 2.24) is 0 Å². The van der Waals surface area contributed by atoms with Crippen molar-refractivity contribution >= 4 is 11.7 Å². The summed E-state index contributed by atoms with van der Waals surface area (Å²) in [5.41, 5.74) is 0.798. The summed E-state index contributed by atoms with van der Waals surface area (Å²) in [6, 6.07) is 5.07. The second-order valence-electron chi connectivity index (χ2n) is 3.75. The second-order valence-corrected chi connectivity index (χ2v) is 3.75. The lowest BCUT2D eigenvalue weighted by atomic mass is 10.2. The highest BCUT2D eigenvalue weighted by atomic mass is 16.6. The van der Waals surface area contributed by atoms with Crippen molar-refractivity contribution in [2.45, 2.75) is 13.0 Å². The summed E-state index contributed by atoms with van der Waals surface area (Å²) in [6.07, 6.45) is 0. The molecule has 0 saturated heterocycles. The predicted molar refractivity (Wildman–Crippen MR) is 62.5 cm³/mol. The van der Waals surface area contributed by atoms with Crippen LogP contribution >= 0.6 is 0 Å². The van der Waals surface area contributed by atoms with Crippen LogP contribution in [0.2, 0.25) is 0 Å². The molecule has 5 nitrogen and oxygen atoms in total. The predicted octanol–water partition coefficient (Wildman–Crippen LogP) is 1.43. The summed E-state index contributed by atoms with van der Waals surface area (Å²) in [6.45, 7) is 2.85. The fraction of sp³-hybridized carbons (Fsp3) is 0.417. The third kappa shape index (κ3) is 2.61. The van der Waals surface area contributed by atoms with Crippen LogP contribution in [0, 0.1) is 0 Å². The van der Waals surface area contributed by atoms with Crippen LogP contribution in [0.5, 0.6) is 11.5 Å². The van der Waals surface area contributed by atoms with E-state index in [0.717, 1.165) is 11.4 Å². The minimum absolute atomic E-state index is 0.306. The molecular formula is C12H15NO4. The molecule has 1 aromatic rings. The Hall–Kier alpha value is -1.91. The maximum atomic E-state index is 11.3.